The second-order valence-corrected chi connectivity index (χ2v) is 5.45. The maximum atomic E-state index is 13.9. The molecule has 1 aliphatic rings. The number of benzene rings is 1. The van der Waals surface area contributed by atoms with E-state index < -0.39 is 0 Å². The minimum atomic E-state index is -0.0834. The molecule has 0 spiro atoms. The van der Waals surface area contributed by atoms with Crippen LogP contribution in [0.25, 0.3) is 0 Å². The molecule has 1 N–H and O–H groups in total. The van der Waals surface area contributed by atoms with Crippen LogP contribution in [0, 0.1) is 11.7 Å². The monoisotopic (exact) mass is 250 g/mol. The van der Waals surface area contributed by atoms with Crippen LogP contribution >= 0.6 is 0 Å². The normalized spacial score (nSPS) is 22.1. The summed E-state index contributed by atoms with van der Waals surface area (Å²) in [6, 6.07) is 7.33. The van der Waals surface area contributed by atoms with Crippen molar-refractivity contribution in [1.29, 1.82) is 0 Å². The van der Waals surface area contributed by atoms with Crippen molar-refractivity contribution >= 4 is 0 Å². The highest BCUT2D eigenvalue weighted by Crippen LogP contribution is 2.30. The lowest BCUT2D eigenvalue weighted by Gasteiger charge is -2.31. The first-order chi connectivity index (χ1) is 8.68. The number of rotatable bonds is 4. The van der Waals surface area contributed by atoms with Gasteiger partial charge in [0.1, 0.15) is 5.82 Å². The first-order valence-corrected chi connectivity index (χ1v) is 6.80. The van der Waals surface area contributed by atoms with Gasteiger partial charge in [-0.1, -0.05) is 18.2 Å². The molecule has 1 aromatic carbocycles. The van der Waals surface area contributed by atoms with E-state index in [-0.39, 0.29) is 11.9 Å². The van der Waals surface area contributed by atoms with Crippen LogP contribution in [0.4, 0.5) is 4.39 Å². The summed E-state index contributed by atoms with van der Waals surface area (Å²) in [4.78, 5) is 2.13. The average Bonchev–Trinajstić information content (AvgIpc) is 2.38. The summed E-state index contributed by atoms with van der Waals surface area (Å²) in [5.41, 5.74) is 0.827. The molecule has 2 atom stereocenters. The Morgan fingerprint density at radius 2 is 2.17 bits per heavy atom. The molecular weight excluding hydrogens is 227 g/mol. The van der Waals surface area contributed by atoms with E-state index in [1.807, 2.05) is 26.2 Å². The van der Waals surface area contributed by atoms with E-state index in [4.69, 9.17) is 0 Å². The van der Waals surface area contributed by atoms with Gasteiger partial charge in [-0.15, -0.1) is 0 Å². The van der Waals surface area contributed by atoms with Crippen molar-refractivity contribution in [2.75, 3.05) is 27.2 Å². The Bertz CT molecular complexity index is 373. The van der Waals surface area contributed by atoms with Crippen LogP contribution in [0.3, 0.4) is 0 Å². The molecule has 1 heterocycles. The smallest absolute Gasteiger partial charge is 0.127 e. The van der Waals surface area contributed by atoms with Gasteiger partial charge in [-0.25, -0.2) is 4.39 Å². The van der Waals surface area contributed by atoms with E-state index in [9.17, 15) is 4.39 Å². The number of hydrogen-bond donors (Lipinski definition) is 1. The second kappa shape index (κ2) is 6.30. The molecule has 1 aliphatic heterocycles. The zero-order valence-electron chi connectivity index (χ0n) is 11.3. The molecule has 2 nitrogen and oxygen atoms in total. The van der Waals surface area contributed by atoms with Crippen LogP contribution in [-0.2, 0) is 0 Å². The maximum Gasteiger partial charge on any atom is 0.127 e. The molecule has 0 saturated carbocycles. The minimum Gasteiger partial charge on any atom is -0.316 e. The van der Waals surface area contributed by atoms with Crippen LogP contribution in [-0.4, -0.2) is 32.1 Å². The van der Waals surface area contributed by atoms with Gasteiger partial charge in [0.25, 0.3) is 0 Å². The molecule has 0 aromatic heterocycles. The first-order valence-electron chi connectivity index (χ1n) is 6.80. The van der Waals surface area contributed by atoms with Crippen molar-refractivity contribution in [2.24, 2.45) is 5.92 Å². The summed E-state index contributed by atoms with van der Waals surface area (Å²) in [6.07, 6.45) is 3.52. The van der Waals surface area contributed by atoms with E-state index in [0.717, 1.165) is 25.1 Å². The van der Waals surface area contributed by atoms with Gasteiger partial charge in [0.2, 0.25) is 0 Å². The highest BCUT2D eigenvalue weighted by atomic mass is 19.1. The third-order valence-corrected chi connectivity index (χ3v) is 3.84. The lowest BCUT2D eigenvalue weighted by molar-refractivity contribution is 0.221. The quantitative estimate of drug-likeness (QED) is 0.884. The van der Waals surface area contributed by atoms with Gasteiger partial charge in [-0.2, -0.15) is 0 Å². The first kappa shape index (κ1) is 13.5. The summed E-state index contributed by atoms with van der Waals surface area (Å²) < 4.78 is 13.9. The Kier molecular flexibility index (Phi) is 4.72. The molecule has 100 valence electrons. The van der Waals surface area contributed by atoms with Crippen LogP contribution in [0.15, 0.2) is 24.3 Å². The van der Waals surface area contributed by atoms with Crippen molar-refractivity contribution in [1.82, 2.24) is 10.2 Å². The highest BCUT2D eigenvalue weighted by Gasteiger charge is 2.23. The lowest BCUT2D eigenvalue weighted by atomic mass is 9.89. The molecule has 0 amide bonds. The van der Waals surface area contributed by atoms with Crippen LogP contribution in [0.5, 0.6) is 0 Å². The molecule has 18 heavy (non-hydrogen) atoms. The topological polar surface area (TPSA) is 15.3 Å². The molecule has 1 saturated heterocycles. The third-order valence-electron chi connectivity index (χ3n) is 3.84. The lowest BCUT2D eigenvalue weighted by Crippen LogP contribution is -2.33. The van der Waals surface area contributed by atoms with Crippen molar-refractivity contribution in [3.8, 4) is 0 Å². The molecule has 2 unspecified atom stereocenters. The molecule has 0 aliphatic carbocycles. The van der Waals surface area contributed by atoms with Crippen LogP contribution in [0.2, 0.25) is 0 Å². The molecule has 1 fully saturated rings. The molecule has 3 heteroatoms. The molecule has 2 rings (SSSR count). The van der Waals surface area contributed by atoms with Crippen molar-refractivity contribution in [3.05, 3.63) is 35.6 Å². The molecule has 0 bridgehead atoms. The van der Waals surface area contributed by atoms with Gasteiger partial charge >= 0.3 is 0 Å². The molecular formula is C15H23FN2. The fourth-order valence-electron chi connectivity index (χ4n) is 2.80. The van der Waals surface area contributed by atoms with E-state index in [1.54, 1.807) is 12.1 Å². The van der Waals surface area contributed by atoms with Gasteiger partial charge < -0.3 is 10.2 Å². The Labute approximate surface area is 109 Å². The summed E-state index contributed by atoms with van der Waals surface area (Å²) in [7, 11) is 4.07. The number of nitrogens with zero attached hydrogens (tertiary/aromatic N) is 1. The predicted octanol–water partition coefficient (Wildman–Crippen LogP) is 2.82. The number of hydrogen-bond acceptors (Lipinski definition) is 2. The van der Waals surface area contributed by atoms with Gasteiger partial charge in [-0.3, -0.25) is 0 Å². The standard InChI is InChI=1S/C15H23FN2/c1-18(2)15(10-12-6-5-9-17-11-12)13-7-3-4-8-14(13)16/h3-4,7-8,12,15,17H,5-6,9-11H2,1-2H3. The van der Waals surface area contributed by atoms with E-state index >= 15 is 0 Å². The van der Waals surface area contributed by atoms with Crippen LogP contribution in [0.1, 0.15) is 30.9 Å². The summed E-state index contributed by atoms with van der Waals surface area (Å²) in [5, 5.41) is 3.43. The largest absolute Gasteiger partial charge is 0.316 e. The minimum absolute atomic E-state index is 0.0834. The highest BCUT2D eigenvalue weighted by molar-refractivity contribution is 5.21. The summed E-state index contributed by atoms with van der Waals surface area (Å²) >= 11 is 0. The van der Waals surface area contributed by atoms with Crippen molar-refractivity contribution in [3.63, 3.8) is 0 Å². The SMILES string of the molecule is CN(C)C(CC1CCCNC1)c1ccccc1F. The Balaban J connectivity index is 2.10. The average molecular weight is 250 g/mol. The van der Waals surface area contributed by atoms with Crippen LogP contribution < -0.4 is 5.32 Å². The van der Waals surface area contributed by atoms with Gasteiger partial charge in [0, 0.05) is 11.6 Å². The molecule has 1 aromatic rings. The fourth-order valence-corrected chi connectivity index (χ4v) is 2.80. The van der Waals surface area contributed by atoms with E-state index in [2.05, 4.69) is 10.2 Å². The number of halogens is 1. The van der Waals surface area contributed by atoms with Gasteiger partial charge in [0.05, 0.1) is 0 Å². The van der Waals surface area contributed by atoms with Gasteiger partial charge in [-0.05, 0) is 58.4 Å². The van der Waals surface area contributed by atoms with E-state index in [1.165, 1.54) is 12.8 Å². The van der Waals surface area contributed by atoms with Gasteiger partial charge in [0.15, 0.2) is 0 Å². The zero-order valence-corrected chi connectivity index (χ0v) is 11.3. The zero-order chi connectivity index (χ0) is 13.0. The second-order valence-electron chi connectivity index (χ2n) is 5.45. The Hall–Kier alpha value is -0.930. The van der Waals surface area contributed by atoms with E-state index in [0.29, 0.717) is 5.92 Å². The summed E-state index contributed by atoms with van der Waals surface area (Å²) in [6.45, 7) is 2.20. The maximum absolute atomic E-state index is 13.9. The summed E-state index contributed by atoms with van der Waals surface area (Å²) in [5.74, 6) is 0.575. The number of nitrogens with one attached hydrogen (secondary N) is 1. The number of piperidine rings is 1. The molecule has 0 radical (unpaired) electrons. The third kappa shape index (κ3) is 3.30. The van der Waals surface area contributed by atoms with Crippen molar-refractivity contribution in [2.45, 2.75) is 25.3 Å². The Morgan fingerprint density at radius 3 is 2.78 bits per heavy atom. The fraction of sp³-hybridized carbons (Fsp3) is 0.600. The van der Waals surface area contributed by atoms with Crippen molar-refractivity contribution < 1.29 is 4.39 Å². The predicted molar refractivity (Wildman–Crippen MR) is 73.0 cm³/mol. The Morgan fingerprint density at radius 1 is 1.39 bits per heavy atom.